The summed E-state index contributed by atoms with van der Waals surface area (Å²) in [6.07, 6.45) is 0. The second kappa shape index (κ2) is 17.4. The quantitative estimate of drug-likeness (QED) is 0.144. The van der Waals surface area contributed by atoms with Gasteiger partial charge in [0.2, 0.25) is 0 Å². The van der Waals surface area contributed by atoms with E-state index in [1.165, 1.54) is 22.3 Å². The van der Waals surface area contributed by atoms with Crippen molar-refractivity contribution >= 4 is 0 Å². The van der Waals surface area contributed by atoms with E-state index >= 15 is 0 Å². The van der Waals surface area contributed by atoms with E-state index in [2.05, 4.69) is 190 Å². The van der Waals surface area contributed by atoms with Gasteiger partial charge in [-0.1, -0.05) is 208 Å². The molecule has 0 fully saturated rings. The van der Waals surface area contributed by atoms with Crippen LogP contribution in [0.25, 0.3) is 113 Å². The average molecular weight is 884 g/mol. The largest absolute Gasteiger partial charge is 0.228 e. The highest BCUT2D eigenvalue weighted by molar-refractivity contribution is 5.86. The Kier molecular flexibility index (Phi) is 10.4. The molecule has 2 aromatic heterocycles. The molecular weight excluding hydrogens is 839 g/mol. The fourth-order valence-corrected chi connectivity index (χ4v) is 9.74. The number of nitrogens with zero attached hydrogens (tertiary/aromatic N) is 5. The zero-order chi connectivity index (χ0) is 46.3. The molecule has 9 aromatic carbocycles. The molecule has 5 heteroatoms. The monoisotopic (exact) mass is 883 g/mol. The van der Waals surface area contributed by atoms with Crippen LogP contribution < -0.4 is 0 Å². The molecule has 1 aliphatic rings. The Morgan fingerprint density at radius 1 is 0.232 bits per heavy atom. The molecule has 0 amide bonds. The normalized spacial score (nSPS) is 12.3. The van der Waals surface area contributed by atoms with Crippen molar-refractivity contribution in [3.05, 3.63) is 248 Å². The smallest absolute Gasteiger partial charge is 0.164 e. The Bertz CT molecular complexity index is 3620. The van der Waals surface area contributed by atoms with Gasteiger partial charge in [-0.25, -0.2) is 24.9 Å². The van der Waals surface area contributed by atoms with Crippen LogP contribution in [0.15, 0.2) is 237 Å². The lowest BCUT2D eigenvalue weighted by Gasteiger charge is -2.21. The summed E-state index contributed by atoms with van der Waals surface area (Å²) >= 11 is 0. The number of rotatable bonds is 9. The molecule has 0 bridgehead atoms. The zero-order valence-corrected chi connectivity index (χ0v) is 38.3. The van der Waals surface area contributed by atoms with E-state index in [0.29, 0.717) is 23.3 Å². The third kappa shape index (κ3) is 8.00. The van der Waals surface area contributed by atoms with Gasteiger partial charge >= 0.3 is 0 Å². The van der Waals surface area contributed by atoms with Crippen molar-refractivity contribution in [3.63, 3.8) is 0 Å². The predicted octanol–water partition coefficient (Wildman–Crippen LogP) is 16.0. The molecule has 69 heavy (non-hydrogen) atoms. The maximum Gasteiger partial charge on any atom is 0.164 e. The topological polar surface area (TPSA) is 64.5 Å². The van der Waals surface area contributed by atoms with Crippen LogP contribution in [0.3, 0.4) is 0 Å². The third-order valence-electron chi connectivity index (χ3n) is 13.3. The Balaban J connectivity index is 0.952. The van der Waals surface area contributed by atoms with E-state index in [4.69, 9.17) is 24.9 Å². The standard InChI is InChI=1S/C64H45N5/c1-64(2)56-32-16-15-31-54(56)55-40-49(33-34-57(55)64)59-41-58(65-60(66-59)44-23-11-5-12-24-44)48-29-17-27-46(35-48)47-28-18-30-50(36-47)62-67-61(45-25-13-6-14-26-45)68-63(69-62)53-38-51(42-19-7-3-8-20-42)37-52(39-53)43-21-9-4-10-22-43/h3-41H,1-2H3. The van der Waals surface area contributed by atoms with Crippen molar-refractivity contribution in [2.75, 3.05) is 0 Å². The lowest BCUT2D eigenvalue weighted by molar-refractivity contribution is 0.660. The first kappa shape index (κ1) is 41.5. The summed E-state index contributed by atoms with van der Waals surface area (Å²) in [6, 6.07) is 82.7. The number of hydrogen-bond acceptors (Lipinski definition) is 5. The van der Waals surface area contributed by atoms with Crippen molar-refractivity contribution in [2.45, 2.75) is 19.3 Å². The summed E-state index contributed by atoms with van der Waals surface area (Å²) in [7, 11) is 0. The van der Waals surface area contributed by atoms with Crippen LogP contribution in [0, 0.1) is 0 Å². The van der Waals surface area contributed by atoms with Gasteiger partial charge in [0, 0.05) is 38.8 Å². The van der Waals surface area contributed by atoms with Crippen LogP contribution in [0.1, 0.15) is 25.0 Å². The summed E-state index contributed by atoms with van der Waals surface area (Å²) in [6.45, 7) is 4.63. The van der Waals surface area contributed by atoms with E-state index in [-0.39, 0.29) is 5.41 Å². The summed E-state index contributed by atoms with van der Waals surface area (Å²) in [5.74, 6) is 2.49. The molecule has 0 N–H and O–H groups in total. The SMILES string of the molecule is CC1(C)c2ccccc2-c2cc(-c3cc(-c4cccc(-c5cccc(-c6nc(-c7ccccc7)nc(-c7cc(-c8ccccc8)cc(-c8ccccc8)c7)n6)c5)c4)nc(-c4ccccc4)n3)ccc21. The molecule has 0 spiro atoms. The molecular formula is C64H45N5. The average Bonchev–Trinajstić information content (AvgIpc) is 3.66. The summed E-state index contributed by atoms with van der Waals surface area (Å²) in [5.41, 5.74) is 19.1. The van der Waals surface area contributed by atoms with Crippen LogP contribution in [0.5, 0.6) is 0 Å². The molecule has 1 aliphatic carbocycles. The minimum Gasteiger partial charge on any atom is -0.228 e. The number of fused-ring (bicyclic) bond motifs is 3. The first-order chi connectivity index (χ1) is 33.9. The Morgan fingerprint density at radius 3 is 1.19 bits per heavy atom. The molecule has 12 rings (SSSR count). The van der Waals surface area contributed by atoms with Crippen molar-refractivity contribution in [1.82, 2.24) is 24.9 Å². The van der Waals surface area contributed by atoms with Gasteiger partial charge in [-0.05, 0) is 98.1 Å². The van der Waals surface area contributed by atoms with Gasteiger partial charge in [-0.3, -0.25) is 0 Å². The van der Waals surface area contributed by atoms with E-state index in [1.54, 1.807) is 0 Å². The molecule has 0 atom stereocenters. The van der Waals surface area contributed by atoms with E-state index in [9.17, 15) is 0 Å². The van der Waals surface area contributed by atoms with Crippen LogP contribution in [-0.2, 0) is 5.41 Å². The lowest BCUT2D eigenvalue weighted by Crippen LogP contribution is -2.14. The second-order valence-corrected chi connectivity index (χ2v) is 18.1. The highest BCUT2D eigenvalue weighted by Crippen LogP contribution is 2.49. The lowest BCUT2D eigenvalue weighted by atomic mass is 9.82. The maximum atomic E-state index is 5.25. The minimum atomic E-state index is -0.0781. The van der Waals surface area contributed by atoms with Crippen molar-refractivity contribution in [2.24, 2.45) is 0 Å². The molecule has 0 radical (unpaired) electrons. The first-order valence-electron chi connectivity index (χ1n) is 23.4. The second-order valence-electron chi connectivity index (χ2n) is 18.1. The van der Waals surface area contributed by atoms with Crippen molar-refractivity contribution in [1.29, 1.82) is 0 Å². The molecule has 0 unspecified atom stereocenters. The van der Waals surface area contributed by atoms with E-state index in [1.807, 2.05) is 60.7 Å². The maximum absolute atomic E-state index is 5.25. The zero-order valence-electron chi connectivity index (χ0n) is 38.3. The molecule has 0 saturated heterocycles. The minimum absolute atomic E-state index is 0.0781. The van der Waals surface area contributed by atoms with Crippen LogP contribution in [0.2, 0.25) is 0 Å². The van der Waals surface area contributed by atoms with E-state index < -0.39 is 0 Å². The van der Waals surface area contributed by atoms with Gasteiger partial charge in [-0.2, -0.15) is 0 Å². The molecule has 5 nitrogen and oxygen atoms in total. The van der Waals surface area contributed by atoms with Crippen LogP contribution in [0.4, 0.5) is 0 Å². The number of aromatic nitrogens is 5. The number of hydrogen-bond donors (Lipinski definition) is 0. The van der Waals surface area contributed by atoms with Gasteiger partial charge in [0.15, 0.2) is 23.3 Å². The van der Waals surface area contributed by atoms with Gasteiger partial charge in [0.1, 0.15) is 0 Å². The Labute approximate surface area is 402 Å². The van der Waals surface area contributed by atoms with Gasteiger partial charge < -0.3 is 0 Å². The number of benzene rings is 9. The molecule has 0 saturated carbocycles. The summed E-state index contributed by atoms with van der Waals surface area (Å²) < 4.78 is 0. The molecule has 326 valence electrons. The predicted molar refractivity (Wildman–Crippen MR) is 282 cm³/mol. The highest BCUT2D eigenvalue weighted by Gasteiger charge is 2.35. The Morgan fingerprint density at radius 2 is 0.609 bits per heavy atom. The molecule has 2 heterocycles. The van der Waals surface area contributed by atoms with Crippen LogP contribution in [-0.4, -0.2) is 24.9 Å². The Hall–Kier alpha value is -8.93. The third-order valence-corrected chi connectivity index (χ3v) is 13.3. The van der Waals surface area contributed by atoms with Gasteiger partial charge in [-0.15, -0.1) is 0 Å². The van der Waals surface area contributed by atoms with Crippen molar-refractivity contribution < 1.29 is 0 Å². The first-order valence-corrected chi connectivity index (χ1v) is 23.4. The molecule has 0 aliphatic heterocycles. The van der Waals surface area contributed by atoms with Gasteiger partial charge in [0.05, 0.1) is 11.4 Å². The van der Waals surface area contributed by atoms with Crippen molar-refractivity contribution in [3.8, 4) is 113 Å². The summed E-state index contributed by atoms with van der Waals surface area (Å²) in [5, 5.41) is 0. The molecule has 11 aromatic rings. The van der Waals surface area contributed by atoms with Crippen LogP contribution >= 0.6 is 0 Å². The van der Waals surface area contributed by atoms with Gasteiger partial charge in [0.25, 0.3) is 0 Å². The fourth-order valence-electron chi connectivity index (χ4n) is 9.74. The van der Waals surface area contributed by atoms with E-state index in [0.717, 1.165) is 78.1 Å². The highest BCUT2D eigenvalue weighted by atomic mass is 15.0. The fraction of sp³-hybridized carbons (Fsp3) is 0.0469. The summed E-state index contributed by atoms with van der Waals surface area (Å²) in [4.78, 5) is 26.0.